The molecule has 0 aromatic rings. The Kier molecular flexibility index (Phi) is 3.43. The van der Waals surface area contributed by atoms with Crippen LogP contribution in [-0.2, 0) is 0 Å². The van der Waals surface area contributed by atoms with Crippen molar-refractivity contribution in [2.45, 2.75) is 33.2 Å². The van der Waals surface area contributed by atoms with Crippen molar-refractivity contribution in [2.24, 2.45) is 16.3 Å². The van der Waals surface area contributed by atoms with Crippen LogP contribution >= 0.6 is 11.8 Å². The van der Waals surface area contributed by atoms with E-state index < -0.39 is 0 Å². The first-order valence-electron chi connectivity index (χ1n) is 4.78. The number of hydrogen-bond acceptors (Lipinski definition) is 3. The molecule has 2 atom stereocenters. The number of hydrogen-bond donors (Lipinski definition) is 1. The molecule has 0 aromatic carbocycles. The summed E-state index contributed by atoms with van der Waals surface area (Å²) in [5.41, 5.74) is 0.444. The van der Waals surface area contributed by atoms with Gasteiger partial charge in [-0.2, -0.15) is 5.26 Å². The Labute approximate surface area is 90.0 Å². The van der Waals surface area contributed by atoms with Crippen LogP contribution in [0.25, 0.3) is 0 Å². The van der Waals surface area contributed by atoms with E-state index in [4.69, 9.17) is 5.26 Å². The normalized spacial score (nSPS) is 26.5. The molecule has 0 amide bonds. The zero-order chi connectivity index (χ0) is 10.8. The number of aliphatic imine (C=N–C) groups is 1. The summed E-state index contributed by atoms with van der Waals surface area (Å²) in [5, 5.41) is 11.8. The van der Waals surface area contributed by atoms with Gasteiger partial charge >= 0.3 is 0 Å². The van der Waals surface area contributed by atoms with Crippen LogP contribution in [0.3, 0.4) is 0 Å². The third-order valence-electron chi connectivity index (χ3n) is 2.85. The summed E-state index contributed by atoms with van der Waals surface area (Å²) in [6, 6.07) is 0.313. The van der Waals surface area contributed by atoms with Crippen molar-refractivity contribution < 1.29 is 0 Å². The second-order valence-electron chi connectivity index (χ2n) is 4.41. The monoisotopic (exact) mass is 211 g/mol. The lowest BCUT2D eigenvalue weighted by molar-refractivity contribution is 0.503. The van der Waals surface area contributed by atoms with Crippen LogP contribution in [-0.4, -0.2) is 17.5 Å². The van der Waals surface area contributed by atoms with Crippen LogP contribution in [0.15, 0.2) is 4.99 Å². The van der Waals surface area contributed by atoms with E-state index in [-0.39, 0.29) is 0 Å². The lowest BCUT2D eigenvalue weighted by Gasteiger charge is -2.09. The Hall–Kier alpha value is -0.690. The van der Waals surface area contributed by atoms with E-state index in [1.807, 2.05) is 12.4 Å². The Bertz CT molecular complexity index is 278. The molecule has 14 heavy (non-hydrogen) atoms. The van der Waals surface area contributed by atoms with Gasteiger partial charge in [0.05, 0.1) is 6.04 Å². The topological polar surface area (TPSA) is 48.2 Å². The molecule has 1 fully saturated rings. The van der Waals surface area contributed by atoms with Crippen molar-refractivity contribution >= 4 is 16.9 Å². The summed E-state index contributed by atoms with van der Waals surface area (Å²) in [6.45, 7) is 6.65. The molecule has 0 aromatic heterocycles. The molecule has 2 unspecified atom stereocenters. The Morgan fingerprint density at radius 3 is 2.64 bits per heavy atom. The first kappa shape index (κ1) is 11.4. The van der Waals surface area contributed by atoms with Gasteiger partial charge in [0.2, 0.25) is 0 Å². The standard InChI is InChI=1S/C10H17N3S/c1-7(8-5-10(8,2)3)13-9(14-4)12-6-11/h7-8H,5H2,1-4H3,(H,12,13). The minimum Gasteiger partial charge on any atom is -0.272 e. The molecular weight excluding hydrogens is 194 g/mol. The Balaban J connectivity index is 2.54. The Morgan fingerprint density at radius 2 is 2.29 bits per heavy atom. The lowest BCUT2D eigenvalue weighted by Crippen LogP contribution is -2.18. The van der Waals surface area contributed by atoms with Crippen LogP contribution in [0.4, 0.5) is 0 Å². The second kappa shape index (κ2) is 4.22. The van der Waals surface area contributed by atoms with Gasteiger partial charge in [0, 0.05) is 0 Å². The zero-order valence-electron chi connectivity index (χ0n) is 9.16. The molecule has 0 heterocycles. The second-order valence-corrected chi connectivity index (χ2v) is 5.21. The summed E-state index contributed by atoms with van der Waals surface area (Å²) in [7, 11) is 0. The molecule has 0 radical (unpaired) electrons. The van der Waals surface area contributed by atoms with Gasteiger partial charge in [-0.05, 0) is 30.9 Å². The van der Waals surface area contributed by atoms with Crippen LogP contribution in [0.2, 0.25) is 0 Å². The van der Waals surface area contributed by atoms with Crippen LogP contribution in [0.5, 0.6) is 0 Å². The van der Waals surface area contributed by atoms with Crippen molar-refractivity contribution in [3.8, 4) is 6.19 Å². The molecule has 0 bridgehead atoms. The molecule has 1 rings (SSSR count). The van der Waals surface area contributed by atoms with Gasteiger partial charge in [-0.1, -0.05) is 25.6 Å². The summed E-state index contributed by atoms with van der Waals surface area (Å²) in [6.07, 6.45) is 5.07. The maximum absolute atomic E-state index is 8.48. The van der Waals surface area contributed by atoms with Crippen LogP contribution < -0.4 is 5.32 Å². The predicted molar refractivity (Wildman–Crippen MR) is 61.0 cm³/mol. The summed E-state index contributed by atoms with van der Waals surface area (Å²) in [4.78, 5) is 4.49. The molecule has 1 saturated carbocycles. The van der Waals surface area contributed by atoms with Crippen LogP contribution in [0.1, 0.15) is 27.2 Å². The molecule has 1 N–H and O–H groups in total. The summed E-state index contributed by atoms with van der Waals surface area (Å²) < 4.78 is 0. The quantitative estimate of drug-likeness (QED) is 0.330. The van der Waals surface area contributed by atoms with E-state index in [0.717, 1.165) is 5.17 Å². The van der Waals surface area contributed by atoms with Crippen molar-refractivity contribution in [1.29, 1.82) is 5.26 Å². The maximum Gasteiger partial charge on any atom is 0.183 e. The van der Waals surface area contributed by atoms with Gasteiger partial charge in [-0.3, -0.25) is 10.3 Å². The van der Waals surface area contributed by atoms with Crippen molar-refractivity contribution in [3.63, 3.8) is 0 Å². The fraction of sp³-hybridized carbons (Fsp3) is 0.800. The predicted octanol–water partition coefficient (Wildman–Crippen LogP) is 2.21. The number of nitriles is 1. The third-order valence-corrected chi connectivity index (χ3v) is 3.44. The third kappa shape index (κ3) is 2.65. The van der Waals surface area contributed by atoms with Gasteiger partial charge in [0.15, 0.2) is 11.4 Å². The fourth-order valence-corrected chi connectivity index (χ4v) is 2.21. The van der Waals surface area contributed by atoms with Gasteiger partial charge < -0.3 is 0 Å². The van der Waals surface area contributed by atoms with E-state index in [9.17, 15) is 0 Å². The first-order chi connectivity index (χ1) is 6.51. The van der Waals surface area contributed by atoms with Gasteiger partial charge in [0.1, 0.15) is 0 Å². The number of nitrogens with one attached hydrogen (secondary N) is 1. The highest BCUT2D eigenvalue weighted by Crippen LogP contribution is 2.54. The van der Waals surface area contributed by atoms with Crippen LogP contribution in [0, 0.1) is 22.8 Å². The van der Waals surface area contributed by atoms with E-state index in [2.05, 4.69) is 31.1 Å². The molecule has 78 valence electrons. The Morgan fingerprint density at radius 1 is 1.71 bits per heavy atom. The molecule has 4 heteroatoms. The highest BCUT2D eigenvalue weighted by molar-refractivity contribution is 8.13. The van der Waals surface area contributed by atoms with E-state index in [0.29, 0.717) is 17.4 Å². The zero-order valence-corrected chi connectivity index (χ0v) is 9.98. The molecule has 3 nitrogen and oxygen atoms in total. The summed E-state index contributed by atoms with van der Waals surface area (Å²) >= 11 is 1.48. The summed E-state index contributed by atoms with van der Waals surface area (Å²) in [5.74, 6) is 0.671. The van der Waals surface area contributed by atoms with Gasteiger partial charge in [0.25, 0.3) is 0 Å². The molecule has 1 aliphatic rings. The average molecular weight is 211 g/mol. The number of thioether (sulfide) groups is 1. The number of amidine groups is 1. The van der Waals surface area contributed by atoms with Crippen molar-refractivity contribution in [1.82, 2.24) is 5.32 Å². The van der Waals surface area contributed by atoms with Gasteiger partial charge in [-0.25, -0.2) is 0 Å². The van der Waals surface area contributed by atoms with E-state index in [1.54, 1.807) is 0 Å². The average Bonchev–Trinajstić information content (AvgIpc) is 2.74. The minimum atomic E-state index is 0.313. The number of nitrogens with zero attached hydrogens (tertiary/aromatic N) is 2. The highest BCUT2D eigenvalue weighted by Gasteiger charge is 2.48. The van der Waals surface area contributed by atoms with E-state index >= 15 is 0 Å². The largest absolute Gasteiger partial charge is 0.272 e. The number of rotatable bonds is 2. The first-order valence-corrected chi connectivity index (χ1v) is 6.00. The van der Waals surface area contributed by atoms with E-state index in [1.165, 1.54) is 18.2 Å². The molecule has 0 aliphatic heterocycles. The SMILES string of the molecule is CSC(=NC(C)C1CC1(C)C)NC#N. The fourth-order valence-electron chi connectivity index (χ4n) is 1.79. The van der Waals surface area contributed by atoms with Gasteiger partial charge in [-0.15, -0.1) is 0 Å². The molecule has 1 aliphatic carbocycles. The smallest absolute Gasteiger partial charge is 0.183 e. The van der Waals surface area contributed by atoms with Crippen molar-refractivity contribution in [3.05, 3.63) is 0 Å². The molecule has 0 spiro atoms. The molecule has 0 saturated heterocycles. The maximum atomic E-state index is 8.48. The molecular formula is C10H17N3S. The highest BCUT2D eigenvalue weighted by atomic mass is 32.2. The lowest BCUT2D eigenvalue weighted by atomic mass is 10.1. The van der Waals surface area contributed by atoms with Crippen molar-refractivity contribution in [2.75, 3.05) is 6.26 Å². The minimum absolute atomic E-state index is 0.313.